The Balaban J connectivity index is 3.20. The van der Waals surface area contributed by atoms with E-state index in [0.717, 1.165) is 0 Å². The molecule has 3 heteroatoms. The molecule has 0 N–H and O–H groups in total. The number of halogens is 1. The summed E-state index contributed by atoms with van der Waals surface area (Å²) in [6.07, 6.45) is 3.67. The van der Waals surface area contributed by atoms with Crippen molar-refractivity contribution in [3.63, 3.8) is 0 Å². The van der Waals surface area contributed by atoms with Crippen LogP contribution in [0.15, 0.2) is 12.4 Å². The van der Waals surface area contributed by atoms with Crippen LogP contribution in [0.5, 0.6) is 0 Å². The van der Waals surface area contributed by atoms with Gasteiger partial charge in [-0.15, -0.1) is 0 Å². The quantitative estimate of drug-likeness (QED) is 0.699. The highest BCUT2D eigenvalue weighted by Crippen LogP contribution is 2.21. The molecule has 0 aromatic carbocycles. The van der Waals surface area contributed by atoms with Crippen LogP contribution in [0.2, 0.25) is 0 Å². The highest BCUT2D eigenvalue weighted by Gasteiger charge is 2.08. The number of allylic oxidation sites excluding steroid dienone is 1. The van der Waals surface area contributed by atoms with Gasteiger partial charge in [-0.1, -0.05) is 6.92 Å². The molecule has 1 aromatic heterocycles. The number of hydrogen-bond acceptors (Lipinski definition) is 2. The van der Waals surface area contributed by atoms with E-state index in [9.17, 15) is 4.39 Å². The molecule has 1 aromatic rings. The first-order valence-corrected chi connectivity index (χ1v) is 4.31. The Labute approximate surface area is 77.5 Å². The minimum atomic E-state index is -0.224. The van der Waals surface area contributed by atoms with Gasteiger partial charge in [0.25, 0.3) is 0 Å². The zero-order valence-electron chi connectivity index (χ0n) is 8.13. The molecule has 0 fully saturated rings. The molecule has 0 aliphatic rings. The predicted molar refractivity (Wildman–Crippen MR) is 50.9 cm³/mol. The molecule has 0 atom stereocenters. The molecule has 0 saturated carbocycles. The first-order chi connectivity index (χ1) is 6.16. The number of aryl methyl sites for hydroxylation is 2. The number of rotatable bonds is 2. The van der Waals surface area contributed by atoms with Crippen LogP contribution in [0.1, 0.15) is 30.3 Å². The van der Waals surface area contributed by atoms with Crippen molar-refractivity contribution >= 4 is 5.83 Å². The third kappa shape index (κ3) is 2.11. The second-order valence-electron chi connectivity index (χ2n) is 2.88. The molecule has 0 bridgehead atoms. The van der Waals surface area contributed by atoms with E-state index in [1.54, 1.807) is 19.9 Å². The van der Waals surface area contributed by atoms with Gasteiger partial charge >= 0.3 is 0 Å². The van der Waals surface area contributed by atoms with Gasteiger partial charge < -0.3 is 0 Å². The van der Waals surface area contributed by atoms with Gasteiger partial charge in [-0.05, 0) is 26.3 Å². The van der Waals surface area contributed by atoms with E-state index >= 15 is 0 Å². The molecule has 0 amide bonds. The molecule has 0 aliphatic heterocycles. The molecule has 2 nitrogen and oxygen atoms in total. The number of aromatic nitrogens is 2. The van der Waals surface area contributed by atoms with Gasteiger partial charge in [0.2, 0.25) is 0 Å². The Morgan fingerprint density at radius 3 is 2.38 bits per heavy atom. The first-order valence-electron chi connectivity index (χ1n) is 4.31. The van der Waals surface area contributed by atoms with Gasteiger partial charge in [0, 0.05) is 0 Å². The van der Waals surface area contributed by atoms with Crippen LogP contribution < -0.4 is 0 Å². The molecule has 0 aliphatic carbocycles. The summed E-state index contributed by atoms with van der Waals surface area (Å²) in [7, 11) is 0. The van der Waals surface area contributed by atoms with Gasteiger partial charge in [-0.3, -0.25) is 0 Å². The SMILES string of the molecule is CC/C=C(/F)c1c(C)ncnc1C. The number of hydrogen-bond donors (Lipinski definition) is 0. The maximum absolute atomic E-state index is 13.4. The second kappa shape index (κ2) is 4.12. The van der Waals surface area contributed by atoms with Crippen LogP contribution >= 0.6 is 0 Å². The Hall–Kier alpha value is -1.25. The predicted octanol–water partition coefficient (Wildman–Crippen LogP) is 2.81. The van der Waals surface area contributed by atoms with E-state index in [0.29, 0.717) is 23.4 Å². The lowest BCUT2D eigenvalue weighted by Crippen LogP contribution is -1.96. The monoisotopic (exact) mass is 180 g/mol. The van der Waals surface area contributed by atoms with E-state index < -0.39 is 0 Å². The Morgan fingerprint density at radius 2 is 1.92 bits per heavy atom. The van der Waals surface area contributed by atoms with Crippen LogP contribution in [0, 0.1) is 13.8 Å². The van der Waals surface area contributed by atoms with Crippen LogP contribution in [0.4, 0.5) is 4.39 Å². The molecule has 70 valence electrons. The summed E-state index contributed by atoms with van der Waals surface area (Å²) in [5.74, 6) is -0.224. The Morgan fingerprint density at radius 1 is 1.38 bits per heavy atom. The van der Waals surface area contributed by atoms with Crippen molar-refractivity contribution in [2.75, 3.05) is 0 Å². The first kappa shape index (κ1) is 9.84. The lowest BCUT2D eigenvalue weighted by Gasteiger charge is -2.04. The fourth-order valence-corrected chi connectivity index (χ4v) is 1.22. The molecule has 0 unspecified atom stereocenters. The van der Waals surface area contributed by atoms with Crippen molar-refractivity contribution in [2.45, 2.75) is 27.2 Å². The van der Waals surface area contributed by atoms with Crippen molar-refractivity contribution in [1.29, 1.82) is 0 Å². The molecule has 0 saturated heterocycles. The van der Waals surface area contributed by atoms with E-state index in [-0.39, 0.29) is 5.83 Å². The van der Waals surface area contributed by atoms with Gasteiger partial charge in [-0.2, -0.15) is 0 Å². The molecular formula is C10H13FN2. The van der Waals surface area contributed by atoms with E-state index in [4.69, 9.17) is 0 Å². The van der Waals surface area contributed by atoms with Gasteiger partial charge in [0.1, 0.15) is 12.2 Å². The van der Waals surface area contributed by atoms with Crippen LogP contribution in [0.3, 0.4) is 0 Å². The van der Waals surface area contributed by atoms with Crippen molar-refractivity contribution in [1.82, 2.24) is 9.97 Å². The normalized spacial score (nSPS) is 11.8. The van der Waals surface area contributed by atoms with E-state index in [2.05, 4.69) is 9.97 Å². The summed E-state index contributed by atoms with van der Waals surface area (Å²) >= 11 is 0. The zero-order chi connectivity index (χ0) is 9.84. The fraction of sp³-hybridized carbons (Fsp3) is 0.400. The fourth-order valence-electron chi connectivity index (χ4n) is 1.22. The summed E-state index contributed by atoms with van der Waals surface area (Å²) in [6, 6.07) is 0. The Bertz CT molecular complexity index is 311. The number of nitrogens with zero attached hydrogens (tertiary/aromatic N) is 2. The van der Waals surface area contributed by atoms with Crippen LogP contribution in [0.25, 0.3) is 5.83 Å². The molecule has 0 radical (unpaired) electrons. The van der Waals surface area contributed by atoms with Gasteiger partial charge in [0.05, 0.1) is 17.0 Å². The highest BCUT2D eigenvalue weighted by atomic mass is 19.1. The maximum Gasteiger partial charge on any atom is 0.130 e. The molecule has 1 rings (SSSR count). The second-order valence-corrected chi connectivity index (χ2v) is 2.88. The molecule has 0 spiro atoms. The molecule has 13 heavy (non-hydrogen) atoms. The standard InChI is InChI=1S/C10H13FN2/c1-4-5-9(11)10-7(2)12-6-13-8(10)3/h5-6H,4H2,1-3H3/b9-5+. The zero-order valence-corrected chi connectivity index (χ0v) is 8.13. The van der Waals surface area contributed by atoms with Crippen molar-refractivity contribution in [3.05, 3.63) is 29.4 Å². The summed E-state index contributed by atoms with van der Waals surface area (Å²) < 4.78 is 13.4. The topological polar surface area (TPSA) is 25.8 Å². The van der Waals surface area contributed by atoms with Gasteiger partial charge in [0.15, 0.2) is 0 Å². The molecule has 1 heterocycles. The summed E-state index contributed by atoms with van der Waals surface area (Å²) in [5.41, 5.74) is 1.91. The minimum Gasteiger partial charge on any atom is -0.241 e. The summed E-state index contributed by atoms with van der Waals surface area (Å²) in [6.45, 7) is 5.47. The molecular weight excluding hydrogens is 167 g/mol. The average molecular weight is 180 g/mol. The summed E-state index contributed by atoms with van der Waals surface area (Å²) in [5, 5.41) is 0. The minimum absolute atomic E-state index is 0.224. The smallest absolute Gasteiger partial charge is 0.130 e. The van der Waals surface area contributed by atoms with Crippen molar-refractivity contribution in [2.24, 2.45) is 0 Å². The maximum atomic E-state index is 13.4. The third-order valence-electron chi connectivity index (χ3n) is 1.85. The summed E-state index contributed by atoms with van der Waals surface area (Å²) in [4.78, 5) is 7.90. The third-order valence-corrected chi connectivity index (χ3v) is 1.85. The van der Waals surface area contributed by atoms with Crippen molar-refractivity contribution < 1.29 is 4.39 Å². The average Bonchev–Trinajstić information content (AvgIpc) is 2.04. The Kier molecular flexibility index (Phi) is 3.12. The largest absolute Gasteiger partial charge is 0.241 e. The van der Waals surface area contributed by atoms with Crippen LogP contribution in [-0.4, -0.2) is 9.97 Å². The van der Waals surface area contributed by atoms with Crippen LogP contribution in [-0.2, 0) is 0 Å². The highest BCUT2D eigenvalue weighted by molar-refractivity contribution is 5.62. The van der Waals surface area contributed by atoms with Gasteiger partial charge in [-0.25, -0.2) is 14.4 Å². The lowest BCUT2D eigenvalue weighted by molar-refractivity contribution is 0.747. The van der Waals surface area contributed by atoms with E-state index in [1.165, 1.54) is 6.33 Å². The van der Waals surface area contributed by atoms with Crippen molar-refractivity contribution in [3.8, 4) is 0 Å². The lowest BCUT2D eigenvalue weighted by atomic mass is 10.1. The van der Waals surface area contributed by atoms with E-state index in [1.807, 2.05) is 6.92 Å².